The Morgan fingerprint density at radius 2 is 2.30 bits per heavy atom. The highest BCUT2D eigenvalue weighted by Gasteiger charge is 2.00. The van der Waals surface area contributed by atoms with Gasteiger partial charge >= 0.3 is 0 Å². The lowest BCUT2D eigenvalue weighted by molar-refractivity contribution is 0.939. The van der Waals surface area contributed by atoms with E-state index in [-0.39, 0.29) is 0 Å². The van der Waals surface area contributed by atoms with Crippen LogP contribution >= 0.6 is 22.9 Å². The predicted molar refractivity (Wildman–Crippen MR) is 48.1 cm³/mol. The van der Waals surface area contributed by atoms with Gasteiger partial charge in [0.1, 0.15) is 0 Å². The van der Waals surface area contributed by atoms with Gasteiger partial charge in [0.15, 0.2) is 0 Å². The zero-order chi connectivity index (χ0) is 7.56. The highest BCUT2D eigenvalue weighted by Crippen LogP contribution is 2.27. The molecule has 0 fully saturated rings. The standard InChI is InChI=1S/C8H11ClS/c1-3-4-7-5-6(2)8(9)10-7/h5H,3-4H2,1-2H3. The van der Waals surface area contributed by atoms with Crippen LogP contribution in [0.4, 0.5) is 0 Å². The molecule has 1 aromatic rings. The van der Waals surface area contributed by atoms with E-state index in [9.17, 15) is 0 Å². The van der Waals surface area contributed by atoms with E-state index in [0.717, 1.165) is 10.8 Å². The first-order valence-corrected chi connectivity index (χ1v) is 4.68. The van der Waals surface area contributed by atoms with Gasteiger partial charge in [-0.25, -0.2) is 0 Å². The predicted octanol–water partition coefficient (Wildman–Crippen LogP) is 3.66. The van der Waals surface area contributed by atoms with Crippen LogP contribution in [-0.4, -0.2) is 0 Å². The van der Waals surface area contributed by atoms with Gasteiger partial charge in [0.2, 0.25) is 0 Å². The monoisotopic (exact) mass is 174 g/mol. The molecule has 0 aliphatic rings. The lowest BCUT2D eigenvalue weighted by Gasteiger charge is -1.86. The molecule has 0 aromatic carbocycles. The topological polar surface area (TPSA) is 0 Å². The van der Waals surface area contributed by atoms with Crippen molar-refractivity contribution in [1.29, 1.82) is 0 Å². The first-order valence-electron chi connectivity index (χ1n) is 3.49. The fourth-order valence-corrected chi connectivity index (χ4v) is 2.24. The summed E-state index contributed by atoms with van der Waals surface area (Å²) >= 11 is 7.59. The van der Waals surface area contributed by atoms with Gasteiger partial charge in [0, 0.05) is 4.88 Å². The minimum absolute atomic E-state index is 0.948. The van der Waals surface area contributed by atoms with Crippen molar-refractivity contribution in [3.05, 3.63) is 20.8 Å². The molecular formula is C8H11ClS. The summed E-state index contributed by atoms with van der Waals surface area (Å²) in [5, 5.41) is 0. The van der Waals surface area contributed by atoms with Crippen LogP contribution in [0.3, 0.4) is 0 Å². The maximum atomic E-state index is 5.88. The van der Waals surface area contributed by atoms with Crippen LogP contribution in [0.25, 0.3) is 0 Å². The second-order valence-electron chi connectivity index (χ2n) is 2.42. The van der Waals surface area contributed by atoms with E-state index >= 15 is 0 Å². The molecule has 0 nitrogen and oxygen atoms in total. The molecule has 10 heavy (non-hydrogen) atoms. The van der Waals surface area contributed by atoms with Gasteiger partial charge in [-0.1, -0.05) is 24.9 Å². The van der Waals surface area contributed by atoms with Gasteiger partial charge in [-0.2, -0.15) is 0 Å². The van der Waals surface area contributed by atoms with Crippen LogP contribution in [-0.2, 0) is 6.42 Å². The summed E-state index contributed by atoms with van der Waals surface area (Å²) in [6.45, 7) is 4.24. The molecule has 0 radical (unpaired) electrons. The minimum Gasteiger partial charge on any atom is -0.128 e. The van der Waals surface area contributed by atoms with E-state index in [1.54, 1.807) is 11.3 Å². The molecule has 0 N–H and O–H groups in total. The van der Waals surface area contributed by atoms with E-state index in [0.29, 0.717) is 0 Å². The van der Waals surface area contributed by atoms with Crippen LogP contribution in [0.2, 0.25) is 4.34 Å². The average molecular weight is 175 g/mol. The molecule has 1 heterocycles. The van der Waals surface area contributed by atoms with Gasteiger partial charge < -0.3 is 0 Å². The highest BCUT2D eigenvalue weighted by atomic mass is 35.5. The van der Waals surface area contributed by atoms with Crippen molar-refractivity contribution < 1.29 is 0 Å². The van der Waals surface area contributed by atoms with Crippen molar-refractivity contribution in [2.75, 3.05) is 0 Å². The van der Waals surface area contributed by atoms with Crippen molar-refractivity contribution in [3.63, 3.8) is 0 Å². The first kappa shape index (κ1) is 8.09. The molecular weight excluding hydrogens is 164 g/mol. The van der Waals surface area contributed by atoms with Crippen LogP contribution in [0.15, 0.2) is 6.07 Å². The second kappa shape index (κ2) is 3.40. The van der Waals surface area contributed by atoms with Crippen LogP contribution in [0.5, 0.6) is 0 Å². The van der Waals surface area contributed by atoms with Crippen molar-refractivity contribution in [2.45, 2.75) is 26.7 Å². The molecule has 0 unspecified atom stereocenters. The summed E-state index contributed by atoms with van der Waals surface area (Å²) in [7, 11) is 0. The molecule has 1 rings (SSSR count). The average Bonchev–Trinajstić information content (AvgIpc) is 2.14. The van der Waals surface area contributed by atoms with Gasteiger partial charge in [0.25, 0.3) is 0 Å². The lowest BCUT2D eigenvalue weighted by Crippen LogP contribution is -1.72. The molecule has 0 bridgehead atoms. The van der Waals surface area contributed by atoms with Crippen LogP contribution in [0, 0.1) is 6.92 Å². The molecule has 0 saturated carbocycles. The minimum atomic E-state index is 0.948. The Bertz CT molecular complexity index is 196. The zero-order valence-electron chi connectivity index (χ0n) is 6.28. The summed E-state index contributed by atoms with van der Waals surface area (Å²) in [6.07, 6.45) is 2.37. The summed E-state index contributed by atoms with van der Waals surface area (Å²) < 4.78 is 0.948. The smallest absolute Gasteiger partial charge is 0.0960 e. The van der Waals surface area contributed by atoms with Gasteiger partial charge in [-0.05, 0) is 25.0 Å². The molecule has 2 heteroatoms. The van der Waals surface area contributed by atoms with E-state index in [1.807, 2.05) is 0 Å². The van der Waals surface area contributed by atoms with E-state index in [1.165, 1.54) is 16.9 Å². The third-order valence-electron chi connectivity index (χ3n) is 1.40. The molecule has 0 aliphatic heterocycles. The summed E-state index contributed by atoms with van der Waals surface area (Å²) in [4.78, 5) is 1.41. The Balaban J connectivity index is 2.77. The van der Waals surface area contributed by atoms with E-state index in [2.05, 4.69) is 19.9 Å². The molecule has 0 atom stereocenters. The third-order valence-corrected chi connectivity index (χ3v) is 3.02. The fourth-order valence-electron chi connectivity index (χ4n) is 0.893. The zero-order valence-corrected chi connectivity index (χ0v) is 7.85. The summed E-state index contributed by atoms with van der Waals surface area (Å²) in [5.41, 5.74) is 1.22. The van der Waals surface area contributed by atoms with E-state index in [4.69, 9.17) is 11.6 Å². The first-order chi connectivity index (χ1) is 4.74. The van der Waals surface area contributed by atoms with Gasteiger partial charge in [0.05, 0.1) is 4.34 Å². The fraction of sp³-hybridized carbons (Fsp3) is 0.500. The van der Waals surface area contributed by atoms with Crippen molar-refractivity contribution >= 4 is 22.9 Å². The number of rotatable bonds is 2. The number of hydrogen-bond acceptors (Lipinski definition) is 1. The SMILES string of the molecule is CCCc1cc(C)c(Cl)s1. The van der Waals surface area contributed by atoms with Crippen LogP contribution in [0.1, 0.15) is 23.8 Å². The Morgan fingerprint density at radius 1 is 1.60 bits per heavy atom. The van der Waals surface area contributed by atoms with Crippen molar-refractivity contribution in [3.8, 4) is 0 Å². The summed E-state index contributed by atoms with van der Waals surface area (Å²) in [5.74, 6) is 0. The molecule has 0 aliphatic carbocycles. The summed E-state index contributed by atoms with van der Waals surface area (Å²) in [6, 6.07) is 2.18. The number of aryl methyl sites for hydroxylation is 2. The Labute approximate surface area is 70.8 Å². The van der Waals surface area contributed by atoms with Crippen LogP contribution < -0.4 is 0 Å². The largest absolute Gasteiger partial charge is 0.128 e. The lowest BCUT2D eigenvalue weighted by atomic mass is 10.2. The highest BCUT2D eigenvalue weighted by molar-refractivity contribution is 7.16. The molecule has 0 amide bonds. The molecule has 0 saturated heterocycles. The van der Waals surface area contributed by atoms with Gasteiger partial charge in [-0.15, -0.1) is 11.3 Å². The third kappa shape index (κ3) is 1.74. The van der Waals surface area contributed by atoms with Crippen molar-refractivity contribution in [2.24, 2.45) is 0 Å². The maximum Gasteiger partial charge on any atom is 0.0960 e. The maximum absolute atomic E-state index is 5.88. The number of thiophene rings is 1. The second-order valence-corrected chi connectivity index (χ2v) is 4.16. The Morgan fingerprint density at radius 3 is 2.70 bits per heavy atom. The Hall–Kier alpha value is -0.0100. The van der Waals surface area contributed by atoms with Gasteiger partial charge in [-0.3, -0.25) is 0 Å². The normalized spacial score (nSPS) is 10.3. The quantitative estimate of drug-likeness (QED) is 0.642. The van der Waals surface area contributed by atoms with E-state index < -0.39 is 0 Å². The Kier molecular flexibility index (Phi) is 2.75. The molecule has 1 aromatic heterocycles. The van der Waals surface area contributed by atoms with Crippen molar-refractivity contribution in [1.82, 2.24) is 0 Å². The molecule has 56 valence electrons. The number of halogens is 1. The molecule has 0 spiro atoms. The number of hydrogen-bond donors (Lipinski definition) is 0.